The van der Waals surface area contributed by atoms with Crippen molar-refractivity contribution in [3.63, 3.8) is 0 Å². The number of piperazine rings is 1. The molecule has 0 N–H and O–H groups in total. The maximum absolute atomic E-state index is 13.7. The highest BCUT2D eigenvalue weighted by atomic mass is 19.1. The zero-order valence-electron chi connectivity index (χ0n) is 18.1. The highest BCUT2D eigenvalue weighted by Crippen LogP contribution is 2.32. The average molecular weight is 454 g/mol. The lowest BCUT2D eigenvalue weighted by Gasteiger charge is -2.35. The summed E-state index contributed by atoms with van der Waals surface area (Å²) in [7, 11) is 0. The first-order valence-corrected chi connectivity index (χ1v) is 10.8. The molecule has 7 nitrogen and oxygen atoms in total. The number of nitrogens with zero attached hydrogens (tertiary/aromatic N) is 4. The van der Waals surface area contributed by atoms with Gasteiger partial charge in [0.2, 0.25) is 0 Å². The molecule has 2 aromatic carbocycles. The van der Waals surface area contributed by atoms with E-state index in [1.807, 2.05) is 6.07 Å². The van der Waals surface area contributed by atoms with Crippen LogP contribution >= 0.6 is 0 Å². The minimum absolute atomic E-state index is 0.0949. The quantitative estimate of drug-likeness (QED) is 0.561. The van der Waals surface area contributed by atoms with Crippen LogP contribution in [-0.2, 0) is 4.74 Å². The summed E-state index contributed by atoms with van der Waals surface area (Å²) in [5.74, 6) is -0.0388. The van der Waals surface area contributed by atoms with Crippen molar-refractivity contribution < 1.29 is 18.7 Å². The van der Waals surface area contributed by atoms with Crippen molar-refractivity contribution in [2.75, 3.05) is 31.1 Å². The number of cyclic esters (lactones) is 1. The van der Waals surface area contributed by atoms with E-state index in [0.717, 1.165) is 5.82 Å². The van der Waals surface area contributed by atoms with E-state index in [0.29, 0.717) is 54.0 Å². The number of anilines is 1. The molecule has 1 saturated heterocycles. The van der Waals surface area contributed by atoms with E-state index < -0.39 is 11.8 Å². The average Bonchev–Trinajstić information content (AvgIpc) is 3.18. The van der Waals surface area contributed by atoms with Crippen molar-refractivity contribution >= 4 is 29.5 Å². The first-order valence-electron chi connectivity index (χ1n) is 10.8. The SMILES string of the molecule is N#Cc1ccc(N2CCN(C(=O)c3cccc(/C=C4\OC(=O)c5ccc(F)cc54)c3)CC2)nc1. The summed E-state index contributed by atoms with van der Waals surface area (Å²) < 4.78 is 19.0. The number of hydrogen-bond acceptors (Lipinski definition) is 6. The second-order valence-corrected chi connectivity index (χ2v) is 8.01. The van der Waals surface area contributed by atoms with Gasteiger partial charge in [0.25, 0.3) is 5.91 Å². The lowest BCUT2D eigenvalue weighted by Crippen LogP contribution is -2.49. The fraction of sp³-hybridized carbons (Fsp3) is 0.154. The van der Waals surface area contributed by atoms with Crippen molar-refractivity contribution in [2.24, 2.45) is 0 Å². The van der Waals surface area contributed by atoms with Crippen molar-refractivity contribution in [3.8, 4) is 6.07 Å². The maximum Gasteiger partial charge on any atom is 0.344 e. The number of aromatic nitrogens is 1. The van der Waals surface area contributed by atoms with Crippen LogP contribution in [0.3, 0.4) is 0 Å². The number of rotatable bonds is 3. The standard InChI is InChI=1S/C26H19FN4O3/c27-20-5-6-21-22(14-20)23(34-26(21)33)13-17-2-1-3-19(12-17)25(32)31-10-8-30(9-11-31)24-7-4-18(15-28)16-29-24/h1-7,12-14,16H,8-11H2/b23-13-. The molecule has 0 saturated carbocycles. The Morgan fingerprint density at radius 1 is 1.06 bits per heavy atom. The Morgan fingerprint density at radius 2 is 1.88 bits per heavy atom. The van der Waals surface area contributed by atoms with E-state index in [9.17, 15) is 14.0 Å². The number of amides is 1. The van der Waals surface area contributed by atoms with Gasteiger partial charge in [0.05, 0.1) is 11.1 Å². The number of benzene rings is 2. The number of pyridine rings is 1. The molecule has 0 spiro atoms. The van der Waals surface area contributed by atoms with Gasteiger partial charge in [-0.15, -0.1) is 0 Å². The fourth-order valence-electron chi connectivity index (χ4n) is 4.09. The third-order valence-electron chi connectivity index (χ3n) is 5.87. The number of fused-ring (bicyclic) bond motifs is 1. The largest absolute Gasteiger partial charge is 0.422 e. The number of nitriles is 1. The Labute approximate surface area is 195 Å². The molecule has 5 rings (SSSR count). The highest BCUT2D eigenvalue weighted by Gasteiger charge is 2.27. The Kier molecular flexibility index (Phi) is 5.52. The van der Waals surface area contributed by atoms with Crippen LogP contribution in [0.5, 0.6) is 0 Å². The molecule has 8 heteroatoms. The van der Waals surface area contributed by atoms with Crippen molar-refractivity contribution in [2.45, 2.75) is 0 Å². The molecule has 1 amide bonds. The second kappa shape index (κ2) is 8.79. The summed E-state index contributed by atoms with van der Waals surface area (Å²) >= 11 is 0. The molecule has 2 aliphatic rings. The van der Waals surface area contributed by atoms with E-state index in [1.54, 1.807) is 47.5 Å². The van der Waals surface area contributed by atoms with Crippen LogP contribution in [0.1, 0.15) is 37.4 Å². The third-order valence-corrected chi connectivity index (χ3v) is 5.87. The first-order chi connectivity index (χ1) is 16.5. The molecule has 3 heterocycles. The Morgan fingerprint density at radius 3 is 2.62 bits per heavy atom. The molecule has 34 heavy (non-hydrogen) atoms. The number of ether oxygens (including phenoxy) is 1. The Balaban J connectivity index is 1.29. The van der Waals surface area contributed by atoms with E-state index in [-0.39, 0.29) is 11.7 Å². The van der Waals surface area contributed by atoms with E-state index in [4.69, 9.17) is 10.00 Å². The minimum atomic E-state index is -0.525. The molecule has 0 radical (unpaired) electrons. The number of carbonyl (C=O) groups excluding carboxylic acids is 2. The highest BCUT2D eigenvalue weighted by molar-refractivity contribution is 6.06. The monoisotopic (exact) mass is 454 g/mol. The molecular formula is C26H19FN4O3. The fourth-order valence-corrected chi connectivity index (χ4v) is 4.09. The van der Waals surface area contributed by atoms with Gasteiger partial charge < -0.3 is 14.5 Å². The predicted molar refractivity (Wildman–Crippen MR) is 123 cm³/mol. The normalized spacial score (nSPS) is 16.2. The number of esters is 1. The van der Waals surface area contributed by atoms with E-state index in [2.05, 4.69) is 16.0 Å². The lowest BCUT2D eigenvalue weighted by atomic mass is 10.0. The van der Waals surface area contributed by atoms with Gasteiger partial charge in [0.1, 0.15) is 23.5 Å². The van der Waals surface area contributed by atoms with Gasteiger partial charge >= 0.3 is 5.97 Å². The molecular weight excluding hydrogens is 435 g/mol. The van der Waals surface area contributed by atoms with Gasteiger partial charge in [-0.05, 0) is 54.1 Å². The van der Waals surface area contributed by atoms with Gasteiger partial charge in [-0.25, -0.2) is 14.2 Å². The van der Waals surface area contributed by atoms with Crippen LogP contribution < -0.4 is 4.90 Å². The predicted octanol–water partition coefficient (Wildman–Crippen LogP) is 3.72. The van der Waals surface area contributed by atoms with Gasteiger partial charge in [-0.1, -0.05) is 12.1 Å². The van der Waals surface area contributed by atoms with Crippen LogP contribution in [0.25, 0.3) is 11.8 Å². The molecule has 0 unspecified atom stereocenters. The third kappa shape index (κ3) is 4.11. The Bertz CT molecular complexity index is 1350. The molecule has 168 valence electrons. The van der Waals surface area contributed by atoms with Crippen molar-refractivity contribution in [1.29, 1.82) is 5.26 Å². The summed E-state index contributed by atoms with van der Waals surface area (Å²) in [4.78, 5) is 33.3. The van der Waals surface area contributed by atoms with Crippen LogP contribution in [-0.4, -0.2) is 47.9 Å². The van der Waals surface area contributed by atoms with Gasteiger partial charge in [-0.3, -0.25) is 4.79 Å². The molecule has 0 atom stereocenters. The summed E-state index contributed by atoms with van der Waals surface area (Å²) in [6.45, 7) is 2.34. The Hall–Kier alpha value is -4.51. The lowest BCUT2D eigenvalue weighted by molar-refractivity contribution is 0.0714. The molecule has 3 aromatic rings. The molecule has 0 aliphatic carbocycles. The summed E-state index contributed by atoms with van der Waals surface area (Å²) in [6.07, 6.45) is 3.18. The second-order valence-electron chi connectivity index (χ2n) is 8.01. The van der Waals surface area contributed by atoms with Gasteiger partial charge in [-0.2, -0.15) is 5.26 Å². The zero-order chi connectivity index (χ0) is 23.7. The van der Waals surface area contributed by atoms with Crippen LogP contribution in [0.2, 0.25) is 0 Å². The van der Waals surface area contributed by atoms with Gasteiger partial charge in [0, 0.05) is 43.5 Å². The number of halogens is 1. The summed E-state index contributed by atoms with van der Waals surface area (Å²) in [6, 6.07) is 16.5. The first kappa shape index (κ1) is 21.3. The van der Waals surface area contributed by atoms with Crippen molar-refractivity contribution in [3.05, 3.63) is 94.4 Å². The van der Waals surface area contributed by atoms with Crippen LogP contribution in [0.4, 0.5) is 10.2 Å². The minimum Gasteiger partial charge on any atom is -0.422 e. The van der Waals surface area contributed by atoms with Crippen molar-refractivity contribution in [1.82, 2.24) is 9.88 Å². The van der Waals surface area contributed by atoms with E-state index in [1.165, 1.54) is 18.2 Å². The number of carbonyl (C=O) groups is 2. The maximum atomic E-state index is 13.7. The molecule has 2 aliphatic heterocycles. The van der Waals surface area contributed by atoms with E-state index >= 15 is 0 Å². The van der Waals surface area contributed by atoms with Crippen LogP contribution in [0, 0.1) is 17.1 Å². The topological polar surface area (TPSA) is 86.5 Å². The van der Waals surface area contributed by atoms with Crippen LogP contribution in [0.15, 0.2) is 60.8 Å². The van der Waals surface area contributed by atoms with Gasteiger partial charge in [0.15, 0.2) is 0 Å². The summed E-state index contributed by atoms with van der Waals surface area (Å²) in [5.41, 5.74) is 2.41. The smallest absolute Gasteiger partial charge is 0.344 e. The number of hydrogen-bond donors (Lipinski definition) is 0. The molecule has 1 fully saturated rings. The molecule has 0 bridgehead atoms. The zero-order valence-corrected chi connectivity index (χ0v) is 18.1. The summed E-state index contributed by atoms with van der Waals surface area (Å²) in [5, 5.41) is 8.92. The molecule has 1 aromatic heterocycles.